The Kier molecular flexibility index (Phi) is 6.01. The Morgan fingerprint density at radius 3 is 2.84 bits per heavy atom. The lowest BCUT2D eigenvalue weighted by Gasteiger charge is -2.33. The maximum Gasteiger partial charge on any atom is 0.317 e. The smallest absolute Gasteiger partial charge is 0.317 e. The van der Waals surface area contributed by atoms with E-state index in [1.807, 2.05) is 6.07 Å². The van der Waals surface area contributed by atoms with Crippen molar-refractivity contribution >= 4 is 17.8 Å². The van der Waals surface area contributed by atoms with Gasteiger partial charge in [0, 0.05) is 37.1 Å². The Balaban J connectivity index is 1.20. The highest BCUT2D eigenvalue weighted by Crippen LogP contribution is 2.32. The van der Waals surface area contributed by atoms with Crippen LogP contribution in [0.15, 0.2) is 76.2 Å². The van der Waals surface area contributed by atoms with Crippen molar-refractivity contribution in [3.05, 3.63) is 79.0 Å². The number of furan rings is 1. The molecule has 2 amide bonds. The Bertz CT molecular complexity index is 1510. The van der Waals surface area contributed by atoms with Crippen LogP contribution in [0.3, 0.4) is 0 Å². The number of hydrogen-bond donors (Lipinski definition) is 2. The molecule has 0 bridgehead atoms. The van der Waals surface area contributed by atoms with Gasteiger partial charge >= 0.3 is 11.9 Å². The fraction of sp³-hybridized carbons (Fsp3) is 0.231. The highest BCUT2D eigenvalue weighted by Gasteiger charge is 2.25. The summed E-state index contributed by atoms with van der Waals surface area (Å²) in [6, 6.07) is 11.4. The number of carbonyl (C=O) groups is 1. The van der Waals surface area contributed by atoms with Crippen molar-refractivity contribution in [3.8, 4) is 22.6 Å². The number of urea groups is 1. The summed E-state index contributed by atoms with van der Waals surface area (Å²) >= 11 is 0. The molecule has 11 heteroatoms. The lowest BCUT2D eigenvalue weighted by molar-refractivity contribution is 0.181. The van der Waals surface area contributed by atoms with Gasteiger partial charge < -0.3 is 24.4 Å². The van der Waals surface area contributed by atoms with Crippen LogP contribution in [-0.2, 0) is 6.54 Å². The molecule has 6 rings (SSSR count). The summed E-state index contributed by atoms with van der Waals surface area (Å²) < 4.78 is 26.1. The lowest BCUT2D eigenvalue weighted by Crippen LogP contribution is -2.49. The lowest BCUT2D eigenvalue weighted by atomic mass is 10.1. The van der Waals surface area contributed by atoms with Crippen molar-refractivity contribution in [2.45, 2.75) is 25.4 Å². The van der Waals surface area contributed by atoms with Crippen LogP contribution in [0.1, 0.15) is 18.6 Å². The van der Waals surface area contributed by atoms with Gasteiger partial charge in [-0.2, -0.15) is 4.98 Å². The summed E-state index contributed by atoms with van der Waals surface area (Å²) in [7, 11) is 0. The first kappa shape index (κ1) is 22.8. The number of piperidine rings is 1. The molecule has 1 atom stereocenters. The number of nitrogens with one attached hydrogen (secondary N) is 2. The van der Waals surface area contributed by atoms with Crippen LogP contribution in [0.4, 0.5) is 15.1 Å². The molecular formula is C26H24FN7O3. The van der Waals surface area contributed by atoms with Crippen LogP contribution in [0.25, 0.3) is 28.5 Å². The number of hydrogen-bond acceptors (Lipinski definition) is 7. The van der Waals surface area contributed by atoms with Gasteiger partial charge in [0.2, 0.25) is 5.95 Å². The molecule has 5 aromatic rings. The molecule has 0 saturated carbocycles. The number of fused-ring (bicyclic) bond motifs is 1. The zero-order chi connectivity index (χ0) is 25.2. The molecule has 2 N–H and O–H groups in total. The number of benzene rings is 1. The van der Waals surface area contributed by atoms with E-state index in [1.54, 1.807) is 58.5 Å². The highest BCUT2D eigenvalue weighted by atomic mass is 19.1. The van der Waals surface area contributed by atoms with Gasteiger partial charge in [-0.05, 0) is 55.3 Å². The molecular weight excluding hydrogens is 477 g/mol. The summed E-state index contributed by atoms with van der Waals surface area (Å²) in [6.07, 6.45) is 8.32. The second kappa shape index (κ2) is 9.76. The van der Waals surface area contributed by atoms with Crippen molar-refractivity contribution in [1.29, 1.82) is 0 Å². The molecule has 1 aliphatic rings. The predicted octanol–water partition coefficient (Wildman–Crippen LogP) is 4.57. The number of rotatable bonds is 6. The summed E-state index contributed by atoms with van der Waals surface area (Å²) in [5.41, 5.74) is 2.71. The molecule has 1 fully saturated rings. The Morgan fingerprint density at radius 1 is 1.11 bits per heavy atom. The number of carbonyl (C=O) groups excluding carboxylic acids is 1. The van der Waals surface area contributed by atoms with E-state index >= 15 is 0 Å². The van der Waals surface area contributed by atoms with E-state index in [9.17, 15) is 9.18 Å². The number of anilines is 1. The van der Waals surface area contributed by atoms with Gasteiger partial charge in [-0.3, -0.25) is 4.40 Å². The first-order valence-corrected chi connectivity index (χ1v) is 12.0. The molecule has 5 heterocycles. The van der Waals surface area contributed by atoms with E-state index in [-0.39, 0.29) is 17.9 Å². The zero-order valence-electron chi connectivity index (χ0n) is 19.8. The minimum absolute atomic E-state index is 0.00526. The number of likely N-dealkylation sites (tertiary alicyclic amines) is 1. The summed E-state index contributed by atoms with van der Waals surface area (Å²) in [6.45, 7) is 1.55. The number of imidazole rings is 1. The molecule has 0 unspecified atom stereocenters. The van der Waals surface area contributed by atoms with Gasteiger partial charge in [-0.25, -0.2) is 19.2 Å². The predicted molar refractivity (Wildman–Crippen MR) is 133 cm³/mol. The van der Waals surface area contributed by atoms with Crippen LogP contribution in [0, 0.1) is 5.82 Å². The van der Waals surface area contributed by atoms with Crippen molar-refractivity contribution in [3.63, 3.8) is 0 Å². The van der Waals surface area contributed by atoms with Crippen molar-refractivity contribution in [2.75, 3.05) is 18.4 Å². The molecule has 4 aromatic heterocycles. The van der Waals surface area contributed by atoms with E-state index < -0.39 is 0 Å². The van der Waals surface area contributed by atoms with Gasteiger partial charge in [-0.1, -0.05) is 0 Å². The molecule has 1 aliphatic heterocycles. The van der Waals surface area contributed by atoms with Gasteiger partial charge in [0.05, 0.1) is 18.5 Å². The molecule has 10 nitrogen and oxygen atoms in total. The number of amides is 2. The van der Waals surface area contributed by atoms with Crippen LogP contribution in [0.2, 0.25) is 0 Å². The maximum atomic E-state index is 13.5. The standard InChI is InChI=1S/C26H24FN7O3/c27-18-7-5-17(6-8-18)22-23(34-12-14-37-26(34)32-22)21-9-10-28-24(31-21)30-19-3-1-11-33(16-19)25(35)29-15-20-4-2-13-36-20/h2,4-10,12-14,19H,1,3,11,15-16H2,(H,29,35)(H,28,30,31)/t19-/m1/s1. The molecule has 1 aromatic carbocycles. The monoisotopic (exact) mass is 501 g/mol. The summed E-state index contributed by atoms with van der Waals surface area (Å²) in [5.74, 6) is 1.24. The largest absolute Gasteiger partial charge is 0.467 e. The van der Waals surface area contributed by atoms with Crippen LogP contribution in [-0.4, -0.2) is 49.4 Å². The third-order valence-electron chi connectivity index (χ3n) is 6.31. The van der Waals surface area contributed by atoms with E-state index in [0.29, 0.717) is 54.3 Å². The molecule has 37 heavy (non-hydrogen) atoms. The average Bonchev–Trinajstić information content (AvgIpc) is 3.66. The average molecular weight is 502 g/mol. The second-order valence-electron chi connectivity index (χ2n) is 8.80. The number of oxazole rings is 1. The third-order valence-corrected chi connectivity index (χ3v) is 6.31. The first-order valence-electron chi connectivity index (χ1n) is 12.0. The quantitative estimate of drug-likeness (QED) is 0.350. The van der Waals surface area contributed by atoms with E-state index in [4.69, 9.17) is 13.8 Å². The fourth-order valence-electron chi connectivity index (χ4n) is 4.55. The van der Waals surface area contributed by atoms with E-state index in [0.717, 1.165) is 18.4 Å². The van der Waals surface area contributed by atoms with E-state index in [1.165, 1.54) is 12.1 Å². The Labute approximate surface area is 211 Å². The van der Waals surface area contributed by atoms with Crippen molar-refractivity contribution < 1.29 is 18.0 Å². The minimum Gasteiger partial charge on any atom is -0.467 e. The highest BCUT2D eigenvalue weighted by molar-refractivity contribution is 5.79. The minimum atomic E-state index is -0.321. The van der Waals surface area contributed by atoms with Crippen molar-refractivity contribution in [2.24, 2.45) is 0 Å². The van der Waals surface area contributed by atoms with Gasteiger partial charge in [0.25, 0.3) is 0 Å². The van der Waals surface area contributed by atoms with Gasteiger partial charge in [0.15, 0.2) is 0 Å². The first-order chi connectivity index (χ1) is 18.1. The number of halogens is 1. The Hall–Kier alpha value is -4.67. The van der Waals surface area contributed by atoms with Gasteiger partial charge in [-0.15, -0.1) is 0 Å². The normalized spacial score (nSPS) is 15.7. The molecule has 0 aliphatic carbocycles. The topological polar surface area (TPSA) is 114 Å². The second-order valence-corrected chi connectivity index (χ2v) is 8.80. The Morgan fingerprint density at radius 2 is 2.00 bits per heavy atom. The van der Waals surface area contributed by atoms with Crippen LogP contribution in [0.5, 0.6) is 0 Å². The van der Waals surface area contributed by atoms with E-state index in [2.05, 4.69) is 20.6 Å². The van der Waals surface area contributed by atoms with Gasteiger partial charge in [0.1, 0.15) is 29.2 Å². The fourth-order valence-corrected chi connectivity index (χ4v) is 4.55. The number of aromatic nitrogens is 4. The van der Waals surface area contributed by atoms with Crippen LogP contribution < -0.4 is 10.6 Å². The van der Waals surface area contributed by atoms with Crippen molar-refractivity contribution in [1.82, 2.24) is 29.6 Å². The zero-order valence-corrected chi connectivity index (χ0v) is 19.8. The maximum absolute atomic E-state index is 13.5. The molecule has 188 valence electrons. The molecule has 0 spiro atoms. The summed E-state index contributed by atoms with van der Waals surface area (Å²) in [4.78, 5) is 28.2. The van der Waals surface area contributed by atoms with Crippen LogP contribution >= 0.6 is 0 Å². The SMILES string of the molecule is O=C(NCc1ccco1)N1CCC[C@@H](Nc2nccc(-c3c(-c4ccc(F)cc4)nc4occn34)n2)C1. The molecule has 1 saturated heterocycles. The number of nitrogens with zero attached hydrogens (tertiary/aromatic N) is 5. The third kappa shape index (κ3) is 4.75. The summed E-state index contributed by atoms with van der Waals surface area (Å²) in [5, 5.41) is 6.28. The molecule has 0 radical (unpaired) electrons.